The lowest BCUT2D eigenvalue weighted by Gasteiger charge is -2.19. The molecule has 0 bridgehead atoms. The molecule has 0 saturated heterocycles. The summed E-state index contributed by atoms with van der Waals surface area (Å²) in [7, 11) is 0. The van der Waals surface area contributed by atoms with Crippen molar-refractivity contribution in [1.82, 2.24) is 0 Å². The van der Waals surface area contributed by atoms with E-state index in [0.29, 0.717) is 0 Å². The lowest BCUT2D eigenvalue weighted by atomic mass is 10.7. The van der Waals surface area contributed by atoms with E-state index in [-0.39, 0.29) is 13.2 Å². The standard InChI is InChI=1S/C6H8Cl6O2/c1-4(13-2-5(7,8)9)14-3-6(10,11)12/h4H,2-3H2,1H3. The van der Waals surface area contributed by atoms with E-state index in [4.69, 9.17) is 79.1 Å². The smallest absolute Gasteiger partial charge is 0.213 e. The van der Waals surface area contributed by atoms with Crippen molar-refractivity contribution >= 4 is 69.6 Å². The maximum atomic E-state index is 5.44. The van der Waals surface area contributed by atoms with Crippen molar-refractivity contribution < 1.29 is 9.47 Å². The van der Waals surface area contributed by atoms with E-state index in [1.807, 2.05) is 0 Å². The number of ether oxygens (including phenoxy) is 2. The molecule has 2 nitrogen and oxygen atoms in total. The summed E-state index contributed by atoms with van der Waals surface area (Å²) in [5.41, 5.74) is 0. The molecule has 0 saturated carbocycles. The van der Waals surface area contributed by atoms with Crippen LogP contribution in [0.4, 0.5) is 0 Å². The number of halogens is 6. The summed E-state index contributed by atoms with van der Waals surface area (Å²) in [6.45, 7) is 1.41. The number of hydrogen-bond donors (Lipinski definition) is 0. The van der Waals surface area contributed by atoms with Gasteiger partial charge in [0.1, 0.15) is 0 Å². The van der Waals surface area contributed by atoms with Gasteiger partial charge < -0.3 is 9.47 Å². The lowest BCUT2D eigenvalue weighted by molar-refractivity contribution is -0.127. The molecule has 0 aliphatic heterocycles. The summed E-state index contributed by atoms with van der Waals surface area (Å²) in [6, 6.07) is 0. The Balaban J connectivity index is 3.62. The average Bonchev–Trinajstić information content (AvgIpc) is 1.94. The van der Waals surface area contributed by atoms with Crippen molar-refractivity contribution in [3.8, 4) is 0 Å². The highest BCUT2D eigenvalue weighted by molar-refractivity contribution is 6.68. The monoisotopic (exact) mass is 322 g/mol. The van der Waals surface area contributed by atoms with Crippen LogP contribution >= 0.6 is 69.6 Å². The molecule has 0 aromatic carbocycles. The molecule has 0 rings (SSSR count). The van der Waals surface area contributed by atoms with Gasteiger partial charge in [0.05, 0.1) is 13.2 Å². The molecule has 0 radical (unpaired) electrons. The molecule has 0 aliphatic carbocycles. The Labute approximate surface area is 113 Å². The Kier molecular flexibility index (Phi) is 7.17. The molecule has 8 heteroatoms. The third-order valence-corrected chi connectivity index (χ3v) is 1.62. The van der Waals surface area contributed by atoms with Gasteiger partial charge in [-0.3, -0.25) is 0 Å². The summed E-state index contributed by atoms with van der Waals surface area (Å²) < 4.78 is 7.07. The third-order valence-electron chi connectivity index (χ3n) is 0.963. The van der Waals surface area contributed by atoms with E-state index >= 15 is 0 Å². The molecule has 14 heavy (non-hydrogen) atoms. The van der Waals surface area contributed by atoms with Crippen molar-refractivity contribution in [2.24, 2.45) is 0 Å². The van der Waals surface area contributed by atoms with Crippen molar-refractivity contribution in [2.45, 2.75) is 20.8 Å². The van der Waals surface area contributed by atoms with Gasteiger partial charge in [-0.25, -0.2) is 0 Å². The summed E-state index contributed by atoms with van der Waals surface area (Å²) in [4.78, 5) is 0. The molecule has 0 atom stereocenters. The first kappa shape index (κ1) is 15.7. The van der Waals surface area contributed by atoms with Gasteiger partial charge in [0.15, 0.2) is 6.29 Å². The first-order chi connectivity index (χ1) is 6.10. The summed E-state index contributed by atoms with van der Waals surface area (Å²) in [5, 5.41) is 0. The molecule has 0 aromatic heterocycles. The van der Waals surface area contributed by atoms with E-state index in [0.717, 1.165) is 0 Å². The fraction of sp³-hybridized carbons (Fsp3) is 1.00. The van der Waals surface area contributed by atoms with Crippen molar-refractivity contribution in [2.75, 3.05) is 13.2 Å². The van der Waals surface area contributed by atoms with Crippen LogP contribution in [0.2, 0.25) is 0 Å². The van der Waals surface area contributed by atoms with Crippen molar-refractivity contribution in [1.29, 1.82) is 0 Å². The predicted molar refractivity (Wildman–Crippen MR) is 61.9 cm³/mol. The SMILES string of the molecule is CC(OCC(Cl)(Cl)Cl)OCC(Cl)(Cl)Cl. The predicted octanol–water partition coefficient (Wildman–Crippen LogP) is 4.11. The first-order valence-electron chi connectivity index (χ1n) is 3.47. The number of hydrogen-bond acceptors (Lipinski definition) is 2. The molecule has 0 aromatic rings. The van der Waals surface area contributed by atoms with Gasteiger partial charge in [0.25, 0.3) is 0 Å². The fourth-order valence-corrected chi connectivity index (χ4v) is 0.850. The number of alkyl halides is 6. The van der Waals surface area contributed by atoms with Gasteiger partial charge >= 0.3 is 0 Å². The van der Waals surface area contributed by atoms with Crippen LogP contribution in [0.1, 0.15) is 6.92 Å². The Morgan fingerprint density at radius 2 is 1.14 bits per heavy atom. The second-order valence-electron chi connectivity index (χ2n) is 2.42. The molecular formula is C6H8Cl6O2. The average molecular weight is 325 g/mol. The minimum absolute atomic E-state index is 0.0985. The highest BCUT2D eigenvalue weighted by Gasteiger charge is 2.24. The maximum Gasteiger partial charge on any atom is 0.213 e. The molecule has 0 spiro atoms. The summed E-state index contributed by atoms with van der Waals surface area (Å²) in [5.74, 6) is 0. The van der Waals surface area contributed by atoms with Crippen LogP contribution < -0.4 is 0 Å². The van der Waals surface area contributed by atoms with Gasteiger partial charge in [0, 0.05) is 0 Å². The number of rotatable bonds is 4. The maximum absolute atomic E-state index is 5.44. The van der Waals surface area contributed by atoms with Crippen LogP contribution in [0, 0.1) is 0 Å². The van der Waals surface area contributed by atoms with Gasteiger partial charge in [-0.2, -0.15) is 0 Å². The molecule has 86 valence electrons. The van der Waals surface area contributed by atoms with E-state index < -0.39 is 13.9 Å². The lowest BCUT2D eigenvalue weighted by Crippen LogP contribution is -2.24. The zero-order valence-electron chi connectivity index (χ0n) is 7.08. The normalized spacial score (nSPS) is 13.7. The molecule has 0 amide bonds. The summed E-state index contributed by atoms with van der Waals surface area (Å²) >= 11 is 32.6. The zero-order chi connectivity index (χ0) is 11.4. The Morgan fingerprint density at radius 3 is 1.36 bits per heavy atom. The van der Waals surface area contributed by atoms with Crippen LogP contribution in [0.25, 0.3) is 0 Å². The fourth-order valence-electron chi connectivity index (χ4n) is 0.472. The molecular weight excluding hydrogens is 317 g/mol. The Hall–Kier alpha value is 1.66. The molecule has 0 unspecified atom stereocenters. The highest BCUT2D eigenvalue weighted by Crippen LogP contribution is 2.28. The van der Waals surface area contributed by atoms with Crippen LogP contribution in [0.3, 0.4) is 0 Å². The van der Waals surface area contributed by atoms with E-state index in [2.05, 4.69) is 0 Å². The molecule has 0 fully saturated rings. The van der Waals surface area contributed by atoms with Crippen LogP contribution in [-0.2, 0) is 9.47 Å². The topological polar surface area (TPSA) is 18.5 Å². The highest BCUT2D eigenvalue weighted by atomic mass is 35.6. The van der Waals surface area contributed by atoms with Crippen molar-refractivity contribution in [3.63, 3.8) is 0 Å². The largest absolute Gasteiger partial charge is 0.349 e. The van der Waals surface area contributed by atoms with Gasteiger partial charge in [-0.1, -0.05) is 69.6 Å². The van der Waals surface area contributed by atoms with Gasteiger partial charge in [-0.15, -0.1) is 0 Å². The Morgan fingerprint density at radius 1 is 0.857 bits per heavy atom. The zero-order valence-corrected chi connectivity index (χ0v) is 11.6. The van der Waals surface area contributed by atoms with Crippen molar-refractivity contribution in [3.05, 3.63) is 0 Å². The third kappa shape index (κ3) is 11.7. The van der Waals surface area contributed by atoms with Gasteiger partial charge in [-0.05, 0) is 6.92 Å². The molecule has 0 N–H and O–H groups in total. The summed E-state index contributed by atoms with van der Waals surface area (Å²) in [6.07, 6.45) is -0.610. The van der Waals surface area contributed by atoms with Gasteiger partial charge in [0.2, 0.25) is 7.59 Å². The minimum Gasteiger partial charge on any atom is -0.349 e. The van der Waals surface area contributed by atoms with Crippen LogP contribution in [0.5, 0.6) is 0 Å². The van der Waals surface area contributed by atoms with E-state index in [9.17, 15) is 0 Å². The van der Waals surface area contributed by atoms with Crippen LogP contribution in [0.15, 0.2) is 0 Å². The second kappa shape index (κ2) is 6.41. The Bertz CT molecular complexity index is 145. The van der Waals surface area contributed by atoms with E-state index in [1.165, 1.54) is 0 Å². The van der Waals surface area contributed by atoms with Crippen LogP contribution in [-0.4, -0.2) is 27.1 Å². The second-order valence-corrected chi connectivity index (χ2v) is 7.45. The minimum atomic E-state index is -1.47. The van der Waals surface area contributed by atoms with E-state index in [1.54, 1.807) is 6.92 Å². The quantitative estimate of drug-likeness (QED) is 0.572. The molecule has 0 aliphatic rings. The first-order valence-corrected chi connectivity index (χ1v) is 5.73. The molecule has 0 heterocycles.